The highest BCUT2D eigenvalue weighted by Gasteiger charge is 2.35. The van der Waals surface area contributed by atoms with Gasteiger partial charge in [-0.1, -0.05) is 135 Å². The molecule has 0 N–H and O–H groups in total. The molecule has 0 aliphatic heterocycles. The minimum atomic E-state index is -0.160. The van der Waals surface area contributed by atoms with E-state index in [4.69, 9.17) is 9.97 Å². The van der Waals surface area contributed by atoms with Gasteiger partial charge in [0.05, 0.1) is 33.3 Å². The summed E-state index contributed by atoms with van der Waals surface area (Å²) < 4.78 is 4.68. The summed E-state index contributed by atoms with van der Waals surface area (Å²) in [5.74, 6) is 0.688. The van der Waals surface area contributed by atoms with Gasteiger partial charge in [0.15, 0.2) is 0 Å². The van der Waals surface area contributed by atoms with Crippen LogP contribution in [0.1, 0.15) is 25.0 Å². The van der Waals surface area contributed by atoms with Crippen LogP contribution in [0, 0.1) is 0 Å². The number of benzene rings is 8. The zero-order chi connectivity index (χ0) is 36.4. The molecule has 0 spiro atoms. The van der Waals surface area contributed by atoms with Crippen molar-refractivity contribution in [3.05, 3.63) is 181 Å². The van der Waals surface area contributed by atoms with E-state index >= 15 is 0 Å². The van der Waals surface area contributed by atoms with Crippen LogP contribution in [-0.4, -0.2) is 19.1 Å². The number of nitrogens with zero attached hydrogens (tertiary/aromatic N) is 4. The van der Waals surface area contributed by atoms with Crippen LogP contribution >= 0.6 is 0 Å². The van der Waals surface area contributed by atoms with E-state index in [0.717, 1.165) is 33.3 Å². The smallest absolute Gasteiger partial charge is 0.235 e. The molecular formula is C51H34N4. The predicted molar refractivity (Wildman–Crippen MR) is 229 cm³/mol. The lowest BCUT2D eigenvalue weighted by Gasteiger charge is -2.34. The van der Waals surface area contributed by atoms with Gasteiger partial charge in [0.1, 0.15) is 0 Å². The maximum Gasteiger partial charge on any atom is 0.235 e. The summed E-state index contributed by atoms with van der Waals surface area (Å²) >= 11 is 0. The molecule has 55 heavy (non-hydrogen) atoms. The van der Waals surface area contributed by atoms with Crippen LogP contribution in [0.5, 0.6) is 0 Å². The third-order valence-electron chi connectivity index (χ3n) is 12.1. The predicted octanol–water partition coefficient (Wildman–Crippen LogP) is 13.0. The van der Waals surface area contributed by atoms with E-state index in [2.05, 4.69) is 193 Å². The Morgan fingerprint density at radius 2 is 1.07 bits per heavy atom. The number of para-hydroxylation sites is 3. The van der Waals surface area contributed by atoms with Gasteiger partial charge in [-0.3, -0.25) is 4.57 Å². The van der Waals surface area contributed by atoms with Crippen molar-refractivity contribution >= 4 is 65.3 Å². The lowest BCUT2D eigenvalue weighted by molar-refractivity contribution is 0.643. The minimum Gasteiger partial charge on any atom is -0.309 e. The molecule has 11 aromatic rings. The molecule has 0 bridgehead atoms. The van der Waals surface area contributed by atoms with Crippen molar-refractivity contribution < 1.29 is 0 Å². The van der Waals surface area contributed by atoms with Crippen LogP contribution in [0.15, 0.2) is 170 Å². The van der Waals surface area contributed by atoms with Crippen molar-refractivity contribution in [1.29, 1.82) is 0 Å². The van der Waals surface area contributed by atoms with E-state index in [-0.39, 0.29) is 5.41 Å². The Hall–Kier alpha value is -7.04. The standard InChI is InChI=1S/C51H34N4/c1-51(2)41-22-11-8-21-37(41)48-47-42(51)23-14-24-43(47)52-50(53-48)55-45-26-13-10-19-35(45)40-30-38(33-17-6-7-20-36(33)49(40)55)31-27-28-46-39(29-31)34-18-9-12-25-44(34)54(46)32-15-4-3-5-16-32/h3-30H,1-2H3. The average Bonchev–Trinajstić information content (AvgIpc) is 3.75. The Balaban J connectivity index is 1.15. The largest absolute Gasteiger partial charge is 0.309 e. The van der Waals surface area contributed by atoms with Crippen molar-refractivity contribution in [3.8, 4) is 34.0 Å². The van der Waals surface area contributed by atoms with Crippen LogP contribution < -0.4 is 0 Å². The lowest BCUT2D eigenvalue weighted by Crippen LogP contribution is -2.24. The number of hydrogen-bond donors (Lipinski definition) is 0. The fourth-order valence-corrected chi connectivity index (χ4v) is 9.63. The van der Waals surface area contributed by atoms with E-state index in [1.165, 1.54) is 71.2 Å². The zero-order valence-electron chi connectivity index (χ0n) is 30.5. The highest BCUT2D eigenvalue weighted by Crippen LogP contribution is 2.48. The Kier molecular flexibility index (Phi) is 6.09. The summed E-state index contributed by atoms with van der Waals surface area (Å²) in [5, 5.41) is 8.36. The Bertz CT molecular complexity index is 3400. The maximum atomic E-state index is 5.51. The Labute approximate surface area is 317 Å². The van der Waals surface area contributed by atoms with Gasteiger partial charge in [0, 0.05) is 49.0 Å². The second kappa shape index (κ2) is 11.0. The number of fused-ring (bicyclic) bond motifs is 10. The van der Waals surface area contributed by atoms with Crippen molar-refractivity contribution in [2.45, 2.75) is 19.3 Å². The molecule has 4 heteroatoms. The van der Waals surface area contributed by atoms with E-state index in [1.807, 2.05) is 0 Å². The summed E-state index contributed by atoms with van der Waals surface area (Å²) in [7, 11) is 0. The topological polar surface area (TPSA) is 35.6 Å². The molecule has 1 aliphatic carbocycles. The van der Waals surface area contributed by atoms with Crippen molar-refractivity contribution in [2.75, 3.05) is 0 Å². The summed E-state index contributed by atoms with van der Waals surface area (Å²) in [6.45, 7) is 4.63. The van der Waals surface area contributed by atoms with E-state index < -0.39 is 0 Å². The second-order valence-corrected chi connectivity index (χ2v) is 15.4. The normalized spacial score (nSPS) is 13.4. The van der Waals surface area contributed by atoms with Gasteiger partial charge in [-0.2, -0.15) is 0 Å². The summed E-state index contributed by atoms with van der Waals surface area (Å²) in [4.78, 5) is 10.9. The number of hydrogen-bond acceptors (Lipinski definition) is 2. The molecule has 4 nitrogen and oxygen atoms in total. The van der Waals surface area contributed by atoms with Crippen molar-refractivity contribution in [3.63, 3.8) is 0 Å². The minimum absolute atomic E-state index is 0.160. The molecule has 258 valence electrons. The SMILES string of the molecule is CC1(C)c2ccccc2-c2nc(-n3c4ccccc4c4cc(-c5ccc6c(c5)c5ccccc5n6-c5ccccc5)c5ccccc5c43)nc3cccc1c23. The first-order chi connectivity index (χ1) is 27.1. The van der Waals surface area contributed by atoms with Gasteiger partial charge in [-0.05, 0) is 76.2 Å². The molecule has 0 saturated carbocycles. The number of aromatic nitrogens is 4. The second-order valence-electron chi connectivity index (χ2n) is 15.4. The summed E-state index contributed by atoms with van der Waals surface area (Å²) in [6, 6.07) is 61.6. The monoisotopic (exact) mass is 702 g/mol. The third-order valence-corrected chi connectivity index (χ3v) is 12.1. The molecule has 0 saturated heterocycles. The molecule has 3 heterocycles. The fraction of sp³-hybridized carbons (Fsp3) is 0.0588. The lowest BCUT2D eigenvalue weighted by atomic mass is 9.70. The van der Waals surface area contributed by atoms with E-state index in [0.29, 0.717) is 5.95 Å². The summed E-state index contributed by atoms with van der Waals surface area (Å²) in [5.41, 5.74) is 13.7. The molecule has 0 radical (unpaired) electrons. The molecule has 3 aromatic heterocycles. The van der Waals surface area contributed by atoms with Gasteiger partial charge in [-0.25, -0.2) is 9.97 Å². The van der Waals surface area contributed by atoms with Gasteiger partial charge in [0.25, 0.3) is 0 Å². The van der Waals surface area contributed by atoms with E-state index in [9.17, 15) is 0 Å². The molecule has 0 amide bonds. The summed E-state index contributed by atoms with van der Waals surface area (Å²) in [6.07, 6.45) is 0. The van der Waals surface area contributed by atoms with Gasteiger partial charge in [-0.15, -0.1) is 0 Å². The average molecular weight is 703 g/mol. The molecule has 0 atom stereocenters. The molecule has 8 aromatic carbocycles. The van der Waals surface area contributed by atoms with Gasteiger partial charge in [0.2, 0.25) is 5.95 Å². The van der Waals surface area contributed by atoms with Crippen LogP contribution in [-0.2, 0) is 5.41 Å². The molecule has 1 aliphatic rings. The van der Waals surface area contributed by atoms with Crippen LogP contribution in [0.25, 0.3) is 99.3 Å². The molecule has 0 unspecified atom stereocenters. The van der Waals surface area contributed by atoms with E-state index in [1.54, 1.807) is 0 Å². The molecule has 0 fully saturated rings. The van der Waals surface area contributed by atoms with Crippen LogP contribution in [0.2, 0.25) is 0 Å². The van der Waals surface area contributed by atoms with Crippen molar-refractivity contribution in [2.24, 2.45) is 0 Å². The quantitative estimate of drug-likeness (QED) is 0.184. The van der Waals surface area contributed by atoms with Crippen LogP contribution in [0.4, 0.5) is 0 Å². The molecular weight excluding hydrogens is 669 g/mol. The van der Waals surface area contributed by atoms with Crippen LogP contribution in [0.3, 0.4) is 0 Å². The zero-order valence-corrected chi connectivity index (χ0v) is 30.5. The van der Waals surface area contributed by atoms with Crippen molar-refractivity contribution in [1.82, 2.24) is 19.1 Å². The highest BCUT2D eigenvalue weighted by atomic mass is 15.2. The Morgan fingerprint density at radius 3 is 1.89 bits per heavy atom. The highest BCUT2D eigenvalue weighted by molar-refractivity contribution is 6.22. The number of rotatable bonds is 3. The first kappa shape index (κ1) is 30.4. The van der Waals surface area contributed by atoms with Gasteiger partial charge < -0.3 is 4.57 Å². The third kappa shape index (κ3) is 4.11. The fourth-order valence-electron chi connectivity index (χ4n) is 9.63. The Morgan fingerprint density at radius 1 is 0.436 bits per heavy atom. The first-order valence-electron chi connectivity index (χ1n) is 19.0. The molecule has 12 rings (SSSR count). The maximum absolute atomic E-state index is 5.51. The van der Waals surface area contributed by atoms with Gasteiger partial charge >= 0.3 is 0 Å². The first-order valence-corrected chi connectivity index (χ1v) is 19.0.